The molecule has 0 bridgehead atoms. The highest BCUT2D eigenvalue weighted by molar-refractivity contribution is 7.89. The van der Waals surface area contributed by atoms with Crippen LogP contribution in [0.25, 0.3) is 10.8 Å². The Morgan fingerprint density at radius 2 is 1.60 bits per heavy atom. The molecule has 1 amide bonds. The molecular weight excluding hydrogens is 400 g/mol. The molecule has 1 atom stereocenters. The summed E-state index contributed by atoms with van der Waals surface area (Å²) in [6, 6.07) is 19.7. The molecule has 1 unspecified atom stereocenters. The number of fused-ring (bicyclic) bond motifs is 1. The summed E-state index contributed by atoms with van der Waals surface area (Å²) in [5, 5.41) is 4.74. The summed E-state index contributed by atoms with van der Waals surface area (Å²) >= 11 is 0. The predicted molar refractivity (Wildman–Crippen MR) is 119 cm³/mol. The van der Waals surface area contributed by atoms with Gasteiger partial charge in [0.25, 0.3) is 5.91 Å². The van der Waals surface area contributed by atoms with Crippen LogP contribution < -0.4 is 10.1 Å². The lowest BCUT2D eigenvalue weighted by Crippen LogP contribution is -2.31. The molecule has 0 heterocycles. The maximum atomic E-state index is 12.6. The fourth-order valence-corrected chi connectivity index (χ4v) is 4.67. The summed E-state index contributed by atoms with van der Waals surface area (Å²) in [6.45, 7) is 6.08. The van der Waals surface area contributed by atoms with Gasteiger partial charge < -0.3 is 10.1 Å². The third-order valence-corrected chi connectivity index (χ3v) is 6.95. The van der Waals surface area contributed by atoms with Gasteiger partial charge >= 0.3 is 0 Å². The number of hydrogen-bond donors (Lipinski definition) is 1. The number of anilines is 1. The summed E-state index contributed by atoms with van der Waals surface area (Å²) in [7, 11) is -3.53. The molecule has 0 fully saturated rings. The van der Waals surface area contributed by atoms with Gasteiger partial charge in [0, 0.05) is 24.2 Å². The molecule has 3 aromatic carbocycles. The topological polar surface area (TPSA) is 75.7 Å². The van der Waals surface area contributed by atoms with E-state index < -0.39 is 16.1 Å². The van der Waals surface area contributed by atoms with E-state index in [2.05, 4.69) is 5.32 Å². The lowest BCUT2D eigenvalue weighted by Gasteiger charge is -2.19. The molecule has 30 heavy (non-hydrogen) atoms. The normalized spacial score (nSPS) is 12.7. The minimum Gasteiger partial charge on any atom is -0.480 e. The Kier molecular flexibility index (Phi) is 6.74. The third kappa shape index (κ3) is 4.63. The van der Waals surface area contributed by atoms with Gasteiger partial charge in [-0.3, -0.25) is 4.79 Å². The van der Waals surface area contributed by atoms with E-state index in [1.54, 1.807) is 32.9 Å². The van der Waals surface area contributed by atoms with Crippen molar-refractivity contribution in [1.29, 1.82) is 0 Å². The molecule has 0 aromatic heterocycles. The second-order valence-electron chi connectivity index (χ2n) is 6.84. The molecule has 7 heteroatoms. The van der Waals surface area contributed by atoms with Crippen LogP contribution in [0.2, 0.25) is 0 Å². The largest absolute Gasteiger partial charge is 0.480 e. The van der Waals surface area contributed by atoms with Gasteiger partial charge in [0.15, 0.2) is 6.10 Å². The smallest absolute Gasteiger partial charge is 0.265 e. The van der Waals surface area contributed by atoms with Crippen LogP contribution in [0.4, 0.5) is 5.69 Å². The summed E-state index contributed by atoms with van der Waals surface area (Å²) in [6.07, 6.45) is -0.727. The Hall–Kier alpha value is -2.90. The second-order valence-corrected chi connectivity index (χ2v) is 8.78. The molecule has 0 aliphatic heterocycles. The van der Waals surface area contributed by atoms with Gasteiger partial charge in [-0.2, -0.15) is 4.31 Å². The van der Waals surface area contributed by atoms with Crippen LogP contribution in [0.15, 0.2) is 71.6 Å². The van der Waals surface area contributed by atoms with Crippen molar-refractivity contribution in [3.05, 3.63) is 66.7 Å². The lowest BCUT2D eigenvalue weighted by atomic mass is 10.1. The molecule has 0 spiro atoms. The van der Waals surface area contributed by atoms with E-state index in [4.69, 9.17) is 4.74 Å². The zero-order chi connectivity index (χ0) is 21.7. The van der Waals surface area contributed by atoms with E-state index in [9.17, 15) is 13.2 Å². The SMILES string of the molecule is CCN(CC)S(=O)(=O)c1ccc(NC(=O)C(C)Oc2cccc3ccccc23)cc1. The van der Waals surface area contributed by atoms with Crippen LogP contribution >= 0.6 is 0 Å². The average Bonchev–Trinajstić information content (AvgIpc) is 2.75. The summed E-state index contributed by atoms with van der Waals surface area (Å²) in [5.74, 6) is 0.318. The monoisotopic (exact) mass is 426 g/mol. The first kappa shape index (κ1) is 21.8. The zero-order valence-electron chi connectivity index (χ0n) is 17.3. The molecule has 3 rings (SSSR count). The summed E-state index contributed by atoms with van der Waals surface area (Å²) in [4.78, 5) is 12.8. The number of hydrogen-bond acceptors (Lipinski definition) is 4. The van der Waals surface area contributed by atoms with Gasteiger partial charge in [-0.05, 0) is 42.6 Å². The number of ether oxygens (including phenoxy) is 1. The minimum absolute atomic E-state index is 0.198. The van der Waals surface area contributed by atoms with Crippen LogP contribution in [0.5, 0.6) is 5.75 Å². The van der Waals surface area contributed by atoms with Crippen molar-refractivity contribution in [2.45, 2.75) is 31.8 Å². The highest BCUT2D eigenvalue weighted by Crippen LogP contribution is 2.26. The first-order valence-electron chi connectivity index (χ1n) is 9.92. The maximum absolute atomic E-state index is 12.6. The third-order valence-electron chi connectivity index (χ3n) is 4.89. The molecule has 0 radical (unpaired) electrons. The molecule has 6 nitrogen and oxygen atoms in total. The second kappa shape index (κ2) is 9.28. The van der Waals surface area contributed by atoms with Crippen molar-refractivity contribution in [2.75, 3.05) is 18.4 Å². The lowest BCUT2D eigenvalue weighted by molar-refractivity contribution is -0.122. The minimum atomic E-state index is -3.53. The molecule has 1 N–H and O–H groups in total. The molecule has 0 saturated carbocycles. The van der Waals surface area contributed by atoms with Crippen molar-refractivity contribution in [3.8, 4) is 5.75 Å². The number of amides is 1. The molecule has 0 aliphatic carbocycles. The average molecular weight is 427 g/mol. The van der Waals surface area contributed by atoms with E-state index in [1.807, 2.05) is 42.5 Å². The maximum Gasteiger partial charge on any atom is 0.265 e. The zero-order valence-corrected chi connectivity index (χ0v) is 18.1. The number of benzene rings is 3. The Labute approximate surface area is 177 Å². The van der Waals surface area contributed by atoms with Crippen molar-refractivity contribution in [2.24, 2.45) is 0 Å². The Balaban J connectivity index is 1.70. The summed E-state index contributed by atoms with van der Waals surface area (Å²) in [5.41, 5.74) is 0.506. The Morgan fingerprint density at radius 3 is 2.27 bits per heavy atom. The predicted octanol–water partition coefficient (Wildman–Crippen LogP) is 4.28. The van der Waals surface area contributed by atoms with Crippen molar-refractivity contribution in [1.82, 2.24) is 4.31 Å². The van der Waals surface area contributed by atoms with E-state index in [-0.39, 0.29) is 10.8 Å². The van der Waals surface area contributed by atoms with Crippen LogP contribution in [0.1, 0.15) is 20.8 Å². The highest BCUT2D eigenvalue weighted by atomic mass is 32.2. The highest BCUT2D eigenvalue weighted by Gasteiger charge is 2.22. The number of carbonyl (C=O) groups is 1. The summed E-state index contributed by atoms with van der Waals surface area (Å²) < 4.78 is 32.4. The van der Waals surface area contributed by atoms with Gasteiger partial charge in [0.05, 0.1) is 4.90 Å². The number of nitrogens with one attached hydrogen (secondary N) is 1. The Morgan fingerprint density at radius 1 is 0.967 bits per heavy atom. The molecule has 158 valence electrons. The van der Waals surface area contributed by atoms with Crippen molar-refractivity contribution >= 4 is 32.4 Å². The first-order chi connectivity index (χ1) is 14.4. The van der Waals surface area contributed by atoms with Crippen molar-refractivity contribution < 1.29 is 17.9 Å². The van der Waals surface area contributed by atoms with Crippen LogP contribution in [-0.4, -0.2) is 37.8 Å². The standard InChI is InChI=1S/C23H26N2O4S/c1-4-25(5-2)30(27,28)20-15-13-19(14-16-20)24-23(26)17(3)29-22-12-8-10-18-9-6-7-11-21(18)22/h6-17H,4-5H2,1-3H3,(H,24,26). The first-order valence-corrected chi connectivity index (χ1v) is 11.4. The fourth-order valence-electron chi connectivity index (χ4n) is 3.21. The van der Waals surface area contributed by atoms with E-state index >= 15 is 0 Å². The van der Waals surface area contributed by atoms with Gasteiger partial charge in [-0.1, -0.05) is 50.2 Å². The van der Waals surface area contributed by atoms with E-state index in [0.29, 0.717) is 24.5 Å². The molecule has 0 aliphatic rings. The number of rotatable bonds is 8. The van der Waals surface area contributed by atoms with Gasteiger partial charge in [0.2, 0.25) is 10.0 Å². The number of carbonyl (C=O) groups excluding carboxylic acids is 1. The fraction of sp³-hybridized carbons (Fsp3) is 0.261. The number of sulfonamides is 1. The van der Waals surface area contributed by atoms with Crippen LogP contribution in [-0.2, 0) is 14.8 Å². The van der Waals surface area contributed by atoms with Gasteiger partial charge in [-0.25, -0.2) is 8.42 Å². The molecule has 3 aromatic rings. The van der Waals surface area contributed by atoms with Gasteiger partial charge in [-0.15, -0.1) is 0 Å². The quantitative estimate of drug-likeness (QED) is 0.583. The van der Waals surface area contributed by atoms with Crippen molar-refractivity contribution in [3.63, 3.8) is 0 Å². The van der Waals surface area contributed by atoms with Crippen LogP contribution in [0.3, 0.4) is 0 Å². The van der Waals surface area contributed by atoms with Gasteiger partial charge in [0.1, 0.15) is 5.75 Å². The Bertz CT molecular complexity index is 1120. The van der Waals surface area contributed by atoms with E-state index in [0.717, 1.165) is 10.8 Å². The van der Waals surface area contributed by atoms with Crippen LogP contribution in [0, 0.1) is 0 Å². The molecular formula is C23H26N2O4S. The number of nitrogens with zero attached hydrogens (tertiary/aromatic N) is 1. The van der Waals surface area contributed by atoms with E-state index in [1.165, 1.54) is 16.4 Å². The molecule has 0 saturated heterocycles.